The summed E-state index contributed by atoms with van der Waals surface area (Å²) in [5.41, 5.74) is 2.80. The van der Waals surface area contributed by atoms with Crippen molar-refractivity contribution in [2.24, 2.45) is 4.99 Å². The van der Waals surface area contributed by atoms with Crippen LogP contribution in [0.1, 0.15) is 30.5 Å². The molecule has 0 atom stereocenters. The third-order valence-electron chi connectivity index (χ3n) is 4.40. The van der Waals surface area contributed by atoms with E-state index in [2.05, 4.69) is 10.2 Å². The van der Waals surface area contributed by atoms with Crippen molar-refractivity contribution in [2.45, 2.75) is 34.2 Å². The highest BCUT2D eigenvalue weighted by molar-refractivity contribution is 5.80. The number of guanidine groups is 1. The molecule has 0 saturated carbocycles. The second-order valence-electron chi connectivity index (χ2n) is 6.42. The number of piperazine rings is 1. The summed E-state index contributed by atoms with van der Waals surface area (Å²) in [6.07, 6.45) is -0.246. The fourth-order valence-corrected chi connectivity index (χ4v) is 3.04. The van der Waals surface area contributed by atoms with Gasteiger partial charge in [0.15, 0.2) is 5.96 Å². The van der Waals surface area contributed by atoms with Crippen molar-refractivity contribution >= 4 is 12.1 Å². The molecule has 0 bridgehead atoms. The van der Waals surface area contributed by atoms with Crippen LogP contribution in [-0.2, 0) is 11.3 Å². The predicted octanol–water partition coefficient (Wildman–Crippen LogP) is 2.25. The number of phenolic OH excluding ortho intramolecular Hbond substituents is 1. The average Bonchev–Trinajstić information content (AvgIpc) is 2.63. The van der Waals surface area contributed by atoms with Crippen LogP contribution in [0.4, 0.5) is 4.79 Å². The number of carbonyl (C=O) groups is 1. The summed E-state index contributed by atoms with van der Waals surface area (Å²) in [4.78, 5) is 20.5. The van der Waals surface area contributed by atoms with Gasteiger partial charge in [0.25, 0.3) is 0 Å². The number of nitrogens with one attached hydrogen (secondary N) is 1. The van der Waals surface area contributed by atoms with E-state index in [4.69, 9.17) is 9.73 Å². The zero-order chi connectivity index (χ0) is 19.1. The van der Waals surface area contributed by atoms with Gasteiger partial charge < -0.3 is 25.0 Å². The Bertz CT molecular complexity index is 629. The SMILES string of the molecule is CCNC(=NCc1cc(C)c(O)c(C)c1)N1CCN(C(=O)OCC)CC1. The molecular formula is C19H30N4O3. The summed E-state index contributed by atoms with van der Waals surface area (Å²) >= 11 is 0. The minimum absolute atomic E-state index is 0.246. The number of aromatic hydroxyl groups is 1. The van der Waals surface area contributed by atoms with Crippen molar-refractivity contribution < 1.29 is 14.6 Å². The number of aliphatic imine (C=N–C) groups is 1. The summed E-state index contributed by atoms with van der Waals surface area (Å²) in [5.74, 6) is 1.19. The average molecular weight is 362 g/mol. The second-order valence-corrected chi connectivity index (χ2v) is 6.42. The van der Waals surface area contributed by atoms with E-state index in [1.165, 1.54) is 0 Å². The fraction of sp³-hybridized carbons (Fsp3) is 0.579. The van der Waals surface area contributed by atoms with Crippen LogP contribution in [0, 0.1) is 13.8 Å². The topological polar surface area (TPSA) is 77.4 Å². The van der Waals surface area contributed by atoms with Crippen LogP contribution in [-0.4, -0.2) is 66.3 Å². The van der Waals surface area contributed by atoms with Gasteiger partial charge in [0, 0.05) is 32.7 Å². The molecule has 0 aliphatic carbocycles. The van der Waals surface area contributed by atoms with E-state index in [1.807, 2.05) is 39.8 Å². The van der Waals surface area contributed by atoms with Crippen LogP contribution in [0.5, 0.6) is 5.75 Å². The molecule has 1 fully saturated rings. The van der Waals surface area contributed by atoms with Crippen LogP contribution in [0.3, 0.4) is 0 Å². The summed E-state index contributed by atoms with van der Waals surface area (Å²) in [6, 6.07) is 3.93. The quantitative estimate of drug-likeness (QED) is 0.635. The molecular weight excluding hydrogens is 332 g/mol. The maximum absolute atomic E-state index is 11.8. The van der Waals surface area contributed by atoms with E-state index in [9.17, 15) is 9.90 Å². The minimum atomic E-state index is -0.246. The first-order chi connectivity index (χ1) is 12.5. The number of aryl methyl sites for hydroxylation is 2. The van der Waals surface area contributed by atoms with Crippen LogP contribution >= 0.6 is 0 Å². The Hall–Kier alpha value is -2.44. The van der Waals surface area contributed by atoms with Crippen molar-refractivity contribution in [3.63, 3.8) is 0 Å². The van der Waals surface area contributed by atoms with E-state index in [-0.39, 0.29) is 6.09 Å². The number of hydrogen-bond acceptors (Lipinski definition) is 4. The number of nitrogens with zero attached hydrogens (tertiary/aromatic N) is 3. The van der Waals surface area contributed by atoms with Crippen molar-refractivity contribution in [3.8, 4) is 5.75 Å². The molecule has 7 heteroatoms. The highest BCUT2D eigenvalue weighted by atomic mass is 16.6. The van der Waals surface area contributed by atoms with Crippen LogP contribution in [0.25, 0.3) is 0 Å². The van der Waals surface area contributed by atoms with Gasteiger partial charge in [0.2, 0.25) is 0 Å². The Morgan fingerprint density at radius 3 is 2.27 bits per heavy atom. The minimum Gasteiger partial charge on any atom is -0.507 e. The first kappa shape index (κ1) is 19.9. The molecule has 26 heavy (non-hydrogen) atoms. The number of phenols is 1. The van der Waals surface area contributed by atoms with Crippen LogP contribution < -0.4 is 5.32 Å². The molecule has 144 valence electrons. The van der Waals surface area contributed by atoms with Crippen molar-refractivity contribution in [1.82, 2.24) is 15.1 Å². The van der Waals surface area contributed by atoms with Gasteiger partial charge in [0.05, 0.1) is 13.2 Å². The van der Waals surface area contributed by atoms with E-state index < -0.39 is 0 Å². The fourth-order valence-electron chi connectivity index (χ4n) is 3.04. The lowest BCUT2D eigenvalue weighted by Gasteiger charge is -2.35. The highest BCUT2D eigenvalue weighted by Crippen LogP contribution is 2.23. The number of carbonyl (C=O) groups excluding carboxylic acids is 1. The van der Waals surface area contributed by atoms with Gasteiger partial charge >= 0.3 is 6.09 Å². The van der Waals surface area contributed by atoms with Gasteiger partial charge in [-0.3, -0.25) is 0 Å². The molecule has 1 aromatic rings. The molecule has 2 rings (SSSR count). The normalized spacial score (nSPS) is 15.2. The Balaban J connectivity index is 2.02. The first-order valence-corrected chi connectivity index (χ1v) is 9.20. The number of rotatable bonds is 4. The third-order valence-corrected chi connectivity index (χ3v) is 4.40. The summed E-state index contributed by atoms with van der Waals surface area (Å²) in [5, 5.41) is 13.2. The molecule has 1 amide bonds. The zero-order valence-electron chi connectivity index (χ0n) is 16.2. The van der Waals surface area contributed by atoms with E-state index >= 15 is 0 Å². The first-order valence-electron chi connectivity index (χ1n) is 9.20. The second kappa shape index (κ2) is 9.31. The molecule has 7 nitrogen and oxygen atoms in total. The van der Waals surface area contributed by atoms with E-state index in [0.29, 0.717) is 32.0 Å². The lowest BCUT2D eigenvalue weighted by Crippen LogP contribution is -2.53. The smallest absolute Gasteiger partial charge is 0.409 e. The number of hydrogen-bond donors (Lipinski definition) is 2. The maximum Gasteiger partial charge on any atom is 0.409 e. The Morgan fingerprint density at radius 2 is 1.73 bits per heavy atom. The molecule has 0 spiro atoms. The van der Waals surface area contributed by atoms with Crippen LogP contribution in [0.2, 0.25) is 0 Å². The summed E-state index contributed by atoms with van der Waals surface area (Å²) < 4.78 is 5.06. The largest absolute Gasteiger partial charge is 0.507 e. The monoisotopic (exact) mass is 362 g/mol. The molecule has 0 radical (unpaired) electrons. The molecule has 1 heterocycles. The van der Waals surface area contributed by atoms with Crippen molar-refractivity contribution in [1.29, 1.82) is 0 Å². The van der Waals surface area contributed by atoms with Gasteiger partial charge in [-0.15, -0.1) is 0 Å². The zero-order valence-corrected chi connectivity index (χ0v) is 16.2. The Kier molecular flexibility index (Phi) is 7.12. The molecule has 1 aromatic carbocycles. The van der Waals surface area contributed by atoms with Crippen molar-refractivity contribution in [2.75, 3.05) is 39.3 Å². The molecule has 0 unspecified atom stereocenters. The van der Waals surface area contributed by atoms with E-state index in [0.717, 1.165) is 42.3 Å². The van der Waals surface area contributed by atoms with Gasteiger partial charge in [-0.25, -0.2) is 9.79 Å². The maximum atomic E-state index is 11.8. The summed E-state index contributed by atoms with van der Waals surface area (Å²) in [7, 11) is 0. The lowest BCUT2D eigenvalue weighted by atomic mass is 10.1. The van der Waals surface area contributed by atoms with Gasteiger partial charge in [0.1, 0.15) is 5.75 Å². The molecule has 1 saturated heterocycles. The molecule has 1 aliphatic heterocycles. The summed E-state index contributed by atoms with van der Waals surface area (Å²) in [6.45, 7) is 12.1. The number of benzene rings is 1. The van der Waals surface area contributed by atoms with Gasteiger partial charge in [-0.2, -0.15) is 0 Å². The molecule has 2 N–H and O–H groups in total. The highest BCUT2D eigenvalue weighted by Gasteiger charge is 2.23. The number of amides is 1. The number of ether oxygens (including phenoxy) is 1. The Labute approximate surface area is 155 Å². The lowest BCUT2D eigenvalue weighted by molar-refractivity contribution is 0.0914. The van der Waals surface area contributed by atoms with Crippen molar-refractivity contribution in [3.05, 3.63) is 28.8 Å². The van der Waals surface area contributed by atoms with Crippen LogP contribution in [0.15, 0.2) is 17.1 Å². The predicted molar refractivity (Wildman–Crippen MR) is 103 cm³/mol. The van der Waals surface area contributed by atoms with E-state index in [1.54, 1.807) is 4.90 Å². The molecule has 1 aliphatic rings. The van der Waals surface area contributed by atoms with Gasteiger partial charge in [-0.1, -0.05) is 12.1 Å². The standard InChI is InChI=1S/C19H30N4O3/c1-5-20-18(21-13-16-11-14(3)17(24)15(4)12-16)22-7-9-23(10-8-22)19(25)26-6-2/h11-12,24H,5-10,13H2,1-4H3,(H,20,21). The Morgan fingerprint density at radius 1 is 1.15 bits per heavy atom. The van der Waals surface area contributed by atoms with Gasteiger partial charge in [-0.05, 0) is 44.4 Å². The third kappa shape index (κ3) is 5.03. The molecule has 0 aromatic heterocycles.